The van der Waals surface area contributed by atoms with Gasteiger partial charge in [-0.2, -0.15) is 0 Å². The molecule has 4 heteroatoms. The van der Waals surface area contributed by atoms with E-state index in [-0.39, 0.29) is 11.1 Å². The third-order valence-corrected chi connectivity index (χ3v) is 2.75. The highest BCUT2D eigenvalue weighted by molar-refractivity contribution is 6.30. The van der Waals surface area contributed by atoms with Crippen LogP contribution in [0.2, 0.25) is 5.02 Å². The molecule has 0 fully saturated rings. The maximum atomic E-state index is 13.2. The lowest BCUT2D eigenvalue weighted by Gasteiger charge is -2.18. The van der Waals surface area contributed by atoms with Crippen molar-refractivity contribution >= 4 is 11.6 Å². The normalized spacial score (nSPS) is 12.5. The summed E-state index contributed by atoms with van der Waals surface area (Å²) >= 11 is 5.61. The first kappa shape index (κ1) is 14.3. The summed E-state index contributed by atoms with van der Waals surface area (Å²) in [5, 5.41) is 3.41. The number of benzene rings is 1. The van der Waals surface area contributed by atoms with E-state index < -0.39 is 5.82 Å². The number of halogens is 2. The van der Waals surface area contributed by atoms with Gasteiger partial charge in [0.2, 0.25) is 0 Å². The molecule has 1 aromatic carbocycles. The lowest BCUT2D eigenvalue weighted by atomic mass is 10.2. The molecule has 0 heterocycles. The van der Waals surface area contributed by atoms with Gasteiger partial charge in [0.25, 0.3) is 0 Å². The molecule has 0 saturated heterocycles. The van der Waals surface area contributed by atoms with Crippen LogP contribution in [0.4, 0.5) is 4.39 Å². The van der Waals surface area contributed by atoms with Crippen LogP contribution in [0.25, 0.3) is 0 Å². The van der Waals surface area contributed by atoms with Crippen LogP contribution in [0.5, 0.6) is 5.75 Å². The molecule has 1 rings (SSSR count). The zero-order chi connectivity index (χ0) is 12.7. The summed E-state index contributed by atoms with van der Waals surface area (Å²) in [4.78, 5) is 0. The molecule has 0 spiro atoms. The smallest absolute Gasteiger partial charge is 0.145 e. The molecule has 1 atom stereocenters. The molecule has 0 saturated carbocycles. The predicted molar refractivity (Wildman–Crippen MR) is 69.3 cm³/mol. The molecule has 0 aliphatic rings. The van der Waals surface area contributed by atoms with Crippen LogP contribution in [0.15, 0.2) is 18.2 Å². The fourth-order valence-electron chi connectivity index (χ4n) is 1.45. The van der Waals surface area contributed by atoms with Gasteiger partial charge in [-0.05, 0) is 31.5 Å². The molecule has 1 unspecified atom stereocenters. The summed E-state index contributed by atoms with van der Waals surface area (Å²) in [6.45, 7) is 5.90. The second kappa shape index (κ2) is 7.51. The van der Waals surface area contributed by atoms with Crippen molar-refractivity contribution in [2.24, 2.45) is 0 Å². The van der Waals surface area contributed by atoms with Gasteiger partial charge in [-0.3, -0.25) is 0 Å². The Hall–Kier alpha value is -0.800. The SMILES string of the molecule is CCCNCC(CC)Oc1ccc(Cl)c(F)c1. The van der Waals surface area contributed by atoms with Crippen LogP contribution in [0, 0.1) is 5.82 Å². The highest BCUT2D eigenvalue weighted by Gasteiger charge is 2.09. The topological polar surface area (TPSA) is 21.3 Å². The molecule has 0 radical (unpaired) electrons. The van der Waals surface area contributed by atoms with Crippen LogP contribution < -0.4 is 10.1 Å². The van der Waals surface area contributed by atoms with Gasteiger partial charge in [-0.25, -0.2) is 4.39 Å². The first-order valence-electron chi connectivity index (χ1n) is 5.99. The first-order chi connectivity index (χ1) is 8.17. The zero-order valence-corrected chi connectivity index (χ0v) is 11.1. The van der Waals surface area contributed by atoms with Gasteiger partial charge in [0.1, 0.15) is 17.7 Å². The van der Waals surface area contributed by atoms with Gasteiger partial charge in [-0.15, -0.1) is 0 Å². The largest absolute Gasteiger partial charge is 0.489 e. The third kappa shape index (κ3) is 4.92. The fraction of sp³-hybridized carbons (Fsp3) is 0.538. The first-order valence-corrected chi connectivity index (χ1v) is 6.37. The Bertz CT molecular complexity index is 346. The number of nitrogens with one attached hydrogen (secondary N) is 1. The van der Waals surface area contributed by atoms with Crippen molar-refractivity contribution < 1.29 is 9.13 Å². The highest BCUT2D eigenvalue weighted by atomic mass is 35.5. The van der Waals surface area contributed by atoms with Crippen molar-refractivity contribution in [2.45, 2.75) is 32.8 Å². The Kier molecular flexibility index (Phi) is 6.30. The van der Waals surface area contributed by atoms with Gasteiger partial charge >= 0.3 is 0 Å². The molecule has 0 aromatic heterocycles. The molecule has 17 heavy (non-hydrogen) atoms. The lowest BCUT2D eigenvalue weighted by Crippen LogP contribution is -2.31. The second-order valence-corrected chi connectivity index (χ2v) is 4.34. The molecule has 2 nitrogen and oxygen atoms in total. The Labute approximate surface area is 107 Å². The monoisotopic (exact) mass is 259 g/mol. The highest BCUT2D eigenvalue weighted by Crippen LogP contribution is 2.21. The molecular weight excluding hydrogens is 241 g/mol. The molecular formula is C13H19ClFNO. The second-order valence-electron chi connectivity index (χ2n) is 3.93. The summed E-state index contributed by atoms with van der Waals surface area (Å²) in [6, 6.07) is 4.52. The van der Waals surface area contributed by atoms with Crippen molar-refractivity contribution in [1.82, 2.24) is 5.32 Å². The van der Waals surface area contributed by atoms with Gasteiger partial charge in [0.05, 0.1) is 5.02 Å². The van der Waals surface area contributed by atoms with Crippen molar-refractivity contribution in [3.63, 3.8) is 0 Å². The van der Waals surface area contributed by atoms with Crippen molar-refractivity contribution in [3.05, 3.63) is 29.0 Å². The van der Waals surface area contributed by atoms with E-state index in [1.54, 1.807) is 6.07 Å². The molecule has 1 N–H and O–H groups in total. The molecule has 0 aliphatic heterocycles. The number of hydrogen-bond acceptors (Lipinski definition) is 2. The van der Waals surface area contributed by atoms with Gasteiger partial charge in [0.15, 0.2) is 0 Å². The van der Waals surface area contributed by atoms with E-state index in [2.05, 4.69) is 12.2 Å². The summed E-state index contributed by atoms with van der Waals surface area (Å²) in [5.41, 5.74) is 0. The van der Waals surface area contributed by atoms with E-state index in [0.717, 1.165) is 25.9 Å². The zero-order valence-electron chi connectivity index (χ0n) is 10.3. The predicted octanol–water partition coefficient (Wildman–Crippen LogP) is 3.64. The van der Waals surface area contributed by atoms with Gasteiger partial charge in [-0.1, -0.05) is 25.4 Å². The van der Waals surface area contributed by atoms with E-state index >= 15 is 0 Å². The third-order valence-electron chi connectivity index (χ3n) is 2.45. The summed E-state index contributed by atoms with van der Waals surface area (Å²) < 4.78 is 18.9. The maximum absolute atomic E-state index is 13.2. The van der Waals surface area contributed by atoms with Crippen molar-refractivity contribution in [2.75, 3.05) is 13.1 Å². The molecule has 1 aromatic rings. The Morgan fingerprint density at radius 3 is 2.76 bits per heavy atom. The van der Waals surface area contributed by atoms with Gasteiger partial charge in [0, 0.05) is 12.6 Å². The maximum Gasteiger partial charge on any atom is 0.145 e. The molecule has 0 bridgehead atoms. The van der Waals surface area contributed by atoms with E-state index in [0.29, 0.717) is 5.75 Å². The van der Waals surface area contributed by atoms with Gasteiger partial charge < -0.3 is 10.1 Å². The summed E-state index contributed by atoms with van der Waals surface area (Å²) in [5.74, 6) is 0.0811. The minimum atomic E-state index is -0.444. The Morgan fingerprint density at radius 1 is 1.41 bits per heavy atom. The minimum absolute atomic E-state index is 0.0575. The standard InChI is InChI=1S/C13H19ClFNO/c1-3-7-16-9-10(4-2)17-11-5-6-12(14)13(15)8-11/h5-6,8,10,16H,3-4,7,9H2,1-2H3. The molecule has 0 aliphatic carbocycles. The molecule has 96 valence electrons. The van der Waals surface area contributed by atoms with Crippen LogP contribution in [-0.4, -0.2) is 19.2 Å². The van der Waals surface area contributed by atoms with Crippen LogP contribution in [-0.2, 0) is 0 Å². The number of ether oxygens (including phenoxy) is 1. The Morgan fingerprint density at radius 2 is 2.18 bits per heavy atom. The lowest BCUT2D eigenvalue weighted by molar-refractivity contribution is 0.193. The quantitative estimate of drug-likeness (QED) is 0.755. The van der Waals surface area contributed by atoms with E-state index in [1.807, 2.05) is 6.92 Å². The van der Waals surface area contributed by atoms with Crippen LogP contribution >= 0.6 is 11.6 Å². The summed E-state index contributed by atoms with van der Waals surface area (Å²) in [7, 11) is 0. The van der Waals surface area contributed by atoms with E-state index in [9.17, 15) is 4.39 Å². The Balaban J connectivity index is 2.51. The molecule has 0 amide bonds. The van der Waals surface area contributed by atoms with E-state index in [4.69, 9.17) is 16.3 Å². The average molecular weight is 260 g/mol. The van der Waals surface area contributed by atoms with Crippen LogP contribution in [0.1, 0.15) is 26.7 Å². The number of hydrogen-bond donors (Lipinski definition) is 1. The minimum Gasteiger partial charge on any atom is -0.489 e. The van der Waals surface area contributed by atoms with Crippen molar-refractivity contribution in [3.8, 4) is 5.75 Å². The van der Waals surface area contributed by atoms with Crippen molar-refractivity contribution in [1.29, 1.82) is 0 Å². The average Bonchev–Trinajstić information content (AvgIpc) is 2.32. The number of rotatable bonds is 7. The van der Waals surface area contributed by atoms with Crippen LogP contribution in [0.3, 0.4) is 0 Å². The fourth-order valence-corrected chi connectivity index (χ4v) is 1.57. The summed E-state index contributed by atoms with van der Waals surface area (Å²) in [6.07, 6.45) is 2.02. The van der Waals surface area contributed by atoms with E-state index in [1.165, 1.54) is 12.1 Å².